The van der Waals surface area contributed by atoms with Crippen molar-refractivity contribution in [2.75, 3.05) is 13.1 Å². The fraction of sp³-hybridized carbons (Fsp3) is 0.125. The summed E-state index contributed by atoms with van der Waals surface area (Å²) in [6.45, 7) is 0.956. The summed E-state index contributed by atoms with van der Waals surface area (Å²) in [5.74, 6) is -0.0833. The molecule has 0 aliphatic rings. The number of hydrogen-bond acceptors (Lipinski definition) is 4. The van der Waals surface area contributed by atoms with Gasteiger partial charge in [0.15, 0.2) is 0 Å². The summed E-state index contributed by atoms with van der Waals surface area (Å²) in [6, 6.07) is 13.5. The molecule has 1 radical (unpaired) electrons. The van der Waals surface area contributed by atoms with E-state index in [9.17, 15) is 10.2 Å². The zero-order valence-electron chi connectivity index (χ0n) is 11.2. The third-order valence-corrected chi connectivity index (χ3v) is 2.66. The van der Waals surface area contributed by atoms with E-state index in [1.807, 2.05) is 0 Å². The Morgan fingerprint density at radius 3 is 1.48 bits per heavy atom. The molecule has 2 rings (SSSR count). The Morgan fingerprint density at radius 2 is 1.10 bits per heavy atom. The van der Waals surface area contributed by atoms with Crippen LogP contribution in [0.25, 0.3) is 0 Å². The molecule has 0 saturated heterocycles. The van der Waals surface area contributed by atoms with Crippen molar-refractivity contribution >= 4 is 12.4 Å². The topological polar surface area (TPSA) is 70.8 Å². The molecular weight excluding hydrogens is 311 g/mol. The summed E-state index contributed by atoms with van der Waals surface area (Å²) in [7, 11) is 0. The van der Waals surface area contributed by atoms with Gasteiger partial charge in [0.1, 0.15) is 0 Å². The van der Waals surface area contributed by atoms with Crippen molar-refractivity contribution in [2.24, 2.45) is 9.98 Å². The monoisotopic (exact) mass is 325 g/mol. The first kappa shape index (κ1) is 16.9. The Labute approximate surface area is 134 Å². The molecule has 5 heteroatoms. The summed E-state index contributed by atoms with van der Waals surface area (Å²) < 4.78 is 0. The second-order valence-electron chi connectivity index (χ2n) is 4.15. The molecule has 0 bridgehead atoms. The molecule has 0 spiro atoms. The van der Waals surface area contributed by atoms with Gasteiger partial charge in [0.25, 0.3) is 0 Å². The first-order valence-corrected chi connectivity index (χ1v) is 6.29. The molecule has 0 fully saturated rings. The molecule has 0 unspecified atom stereocenters. The SMILES string of the molecule is [Co].[O-]c1ccccc1C=NCCN=Cc1ccccc1[O-]. The minimum Gasteiger partial charge on any atom is -0.872 e. The number of aliphatic imine (C=N–C) groups is 2. The average molecular weight is 325 g/mol. The Hall–Kier alpha value is -2.11. The van der Waals surface area contributed by atoms with E-state index in [0.717, 1.165) is 0 Å². The van der Waals surface area contributed by atoms with Gasteiger partial charge in [-0.05, 0) is 11.1 Å². The molecule has 21 heavy (non-hydrogen) atoms. The van der Waals surface area contributed by atoms with Crippen molar-refractivity contribution in [1.29, 1.82) is 0 Å². The number of rotatable bonds is 5. The predicted molar refractivity (Wildman–Crippen MR) is 76.7 cm³/mol. The molecule has 2 aromatic carbocycles. The predicted octanol–water partition coefficient (Wildman–Crippen LogP) is 1.37. The van der Waals surface area contributed by atoms with Crippen LogP contribution in [0.1, 0.15) is 11.1 Å². The molecule has 4 nitrogen and oxygen atoms in total. The molecule has 0 N–H and O–H groups in total. The van der Waals surface area contributed by atoms with Gasteiger partial charge < -0.3 is 10.2 Å². The molecule has 0 aliphatic heterocycles. The summed E-state index contributed by atoms with van der Waals surface area (Å²) in [5.41, 5.74) is 1.14. The zero-order valence-corrected chi connectivity index (χ0v) is 12.3. The zero-order chi connectivity index (χ0) is 14.2. The standard InChI is InChI=1S/C16H16N2O2.Co/c19-15-7-3-1-5-13(15)11-17-9-10-18-12-14-6-2-4-8-16(14)20;/h1-8,11-12,19-20H,9-10H2;/p-2. The Balaban J connectivity index is 0.00000220. The maximum Gasteiger partial charge on any atom is 0.0585 e. The Kier molecular flexibility index (Phi) is 7.21. The first-order valence-electron chi connectivity index (χ1n) is 6.29. The van der Waals surface area contributed by atoms with Crippen molar-refractivity contribution in [3.8, 4) is 11.5 Å². The van der Waals surface area contributed by atoms with Gasteiger partial charge in [-0.25, -0.2) is 0 Å². The van der Waals surface area contributed by atoms with Crippen LogP contribution < -0.4 is 10.2 Å². The van der Waals surface area contributed by atoms with Gasteiger partial charge in [-0.1, -0.05) is 48.5 Å². The van der Waals surface area contributed by atoms with Gasteiger partial charge in [0.05, 0.1) is 13.1 Å². The van der Waals surface area contributed by atoms with E-state index in [0.29, 0.717) is 24.2 Å². The molecule has 0 saturated carbocycles. The fourth-order valence-corrected chi connectivity index (χ4v) is 1.62. The normalized spacial score (nSPS) is 10.9. The Bertz CT molecular complexity index is 572. The van der Waals surface area contributed by atoms with Gasteiger partial charge in [-0.2, -0.15) is 0 Å². The van der Waals surface area contributed by atoms with Crippen molar-refractivity contribution in [3.63, 3.8) is 0 Å². The van der Waals surface area contributed by atoms with Gasteiger partial charge in [-0.15, -0.1) is 11.5 Å². The summed E-state index contributed by atoms with van der Waals surface area (Å²) in [5, 5.41) is 22.8. The van der Waals surface area contributed by atoms with E-state index >= 15 is 0 Å². The fourth-order valence-electron chi connectivity index (χ4n) is 1.62. The molecular formula is C16H14CoN2O2-2. The molecule has 2 aromatic rings. The van der Waals surface area contributed by atoms with E-state index in [1.165, 1.54) is 12.1 Å². The van der Waals surface area contributed by atoms with Crippen LogP contribution in [0.3, 0.4) is 0 Å². The molecule has 0 amide bonds. The number of para-hydroxylation sites is 2. The van der Waals surface area contributed by atoms with Crippen LogP contribution in [0.15, 0.2) is 58.5 Å². The van der Waals surface area contributed by atoms with E-state index in [1.54, 1.807) is 48.8 Å². The molecule has 0 heterocycles. The van der Waals surface area contributed by atoms with Gasteiger partial charge in [-0.3, -0.25) is 9.98 Å². The molecule has 0 aliphatic carbocycles. The number of hydrogen-bond donors (Lipinski definition) is 0. The molecule has 111 valence electrons. The second kappa shape index (κ2) is 8.94. The van der Waals surface area contributed by atoms with Crippen LogP contribution >= 0.6 is 0 Å². The minimum absolute atomic E-state index is 0. The maximum absolute atomic E-state index is 11.4. The largest absolute Gasteiger partial charge is 0.872 e. The minimum atomic E-state index is -0.0416. The average Bonchev–Trinajstić information content (AvgIpc) is 2.46. The van der Waals surface area contributed by atoms with E-state index < -0.39 is 0 Å². The van der Waals surface area contributed by atoms with Crippen LogP contribution in [0.4, 0.5) is 0 Å². The maximum atomic E-state index is 11.4. The third kappa shape index (κ3) is 5.41. The van der Waals surface area contributed by atoms with Crippen LogP contribution in [0, 0.1) is 0 Å². The Morgan fingerprint density at radius 1 is 0.714 bits per heavy atom. The van der Waals surface area contributed by atoms with E-state index in [4.69, 9.17) is 0 Å². The van der Waals surface area contributed by atoms with Crippen LogP contribution in [-0.2, 0) is 16.8 Å². The number of benzene rings is 2. The van der Waals surface area contributed by atoms with Crippen molar-refractivity contribution in [3.05, 3.63) is 59.7 Å². The van der Waals surface area contributed by atoms with E-state index in [2.05, 4.69) is 9.98 Å². The van der Waals surface area contributed by atoms with Crippen LogP contribution in [-0.4, -0.2) is 25.5 Å². The molecule has 0 atom stereocenters. The van der Waals surface area contributed by atoms with Crippen LogP contribution in [0.5, 0.6) is 11.5 Å². The van der Waals surface area contributed by atoms with Gasteiger partial charge in [0.2, 0.25) is 0 Å². The van der Waals surface area contributed by atoms with Crippen molar-refractivity contribution in [2.45, 2.75) is 0 Å². The summed E-state index contributed by atoms with van der Waals surface area (Å²) in [4.78, 5) is 8.28. The smallest absolute Gasteiger partial charge is 0.0585 e. The second-order valence-corrected chi connectivity index (χ2v) is 4.15. The first-order chi connectivity index (χ1) is 9.77. The molecule has 0 aromatic heterocycles. The van der Waals surface area contributed by atoms with Crippen LogP contribution in [0.2, 0.25) is 0 Å². The van der Waals surface area contributed by atoms with Crippen molar-refractivity contribution in [1.82, 2.24) is 0 Å². The summed E-state index contributed by atoms with van der Waals surface area (Å²) >= 11 is 0. The van der Waals surface area contributed by atoms with Gasteiger partial charge >= 0.3 is 0 Å². The number of nitrogens with zero attached hydrogens (tertiary/aromatic N) is 2. The third-order valence-electron chi connectivity index (χ3n) is 2.66. The quantitative estimate of drug-likeness (QED) is 0.615. The van der Waals surface area contributed by atoms with Crippen molar-refractivity contribution < 1.29 is 27.0 Å². The summed E-state index contributed by atoms with van der Waals surface area (Å²) in [6.07, 6.45) is 3.11. The van der Waals surface area contributed by atoms with Gasteiger partial charge in [0, 0.05) is 29.2 Å². The van der Waals surface area contributed by atoms with E-state index in [-0.39, 0.29) is 28.3 Å².